The van der Waals surface area contributed by atoms with E-state index >= 15 is 0 Å². The molecule has 0 radical (unpaired) electrons. The molecule has 2 rings (SSSR count). The van der Waals surface area contributed by atoms with E-state index in [0.717, 1.165) is 5.76 Å². The molecule has 1 unspecified atom stereocenters. The Hall–Kier alpha value is -2.28. The Kier molecular flexibility index (Phi) is 3.33. The number of hydrogen-bond acceptors (Lipinski definition) is 3. The van der Waals surface area contributed by atoms with Crippen LogP contribution in [-0.2, 0) is 0 Å². The van der Waals surface area contributed by atoms with E-state index in [9.17, 15) is 4.39 Å². The average Bonchev–Trinajstić information content (AvgIpc) is 2.88. The van der Waals surface area contributed by atoms with E-state index in [1.807, 2.05) is 19.1 Å². The molecular weight excluding hydrogens is 231 g/mol. The third-order valence-electron chi connectivity index (χ3n) is 2.82. The van der Waals surface area contributed by atoms with Crippen LogP contribution >= 0.6 is 0 Å². The SMILES string of the molecule is Cc1c(F)cc(C#N)cc1NC(C)c1ccco1. The van der Waals surface area contributed by atoms with E-state index in [1.165, 1.54) is 6.07 Å². The molecule has 1 N–H and O–H groups in total. The Bertz CT molecular complexity index is 585. The Morgan fingerprint density at radius 1 is 1.44 bits per heavy atom. The van der Waals surface area contributed by atoms with Gasteiger partial charge in [0.25, 0.3) is 0 Å². The highest BCUT2D eigenvalue weighted by atomic mass is 19.1. The average molecular weight is 244 g/mol. The van der Waals surface area contributed by atoms with Crippen LogP contribution in [0.2, 0.25) is 0 Å². The van der Waals surface area contributed by atoms with Gasteiger partial charge in [-0.3, -0.25) is 0 Å². The molecule has 2 aromatic rings. The minimum atomic E-state index is -0.386. The first-order chi connectivity index (χ1) is 8.61. The van der Waals surface area contributed by atoms with Gasteiger partial charge >= 0.3 is 0 Å². The number of nitriles is 1. The van der Waals surface area contributed by atoms with Crippen LogP contribution in [0, 0.1) is 24.1 Å². The maximum atomic E-state index is 13.6. The molecule has 0 amide bonds. The lowest BCUT2D eigenvalue weighted by Crippen LogP contribution is -2.07. The van der Waals surface area contributed by atoms with Crippen molar-refractivity contribution in [2.45, 2.75) is 19.9 Å². The summed E-state index contributed by atoms with van der Waals surface area (Å²) in [6, 6.07) is 8.36. The van der Waals surface area contributed by atoms with Crippen molar-refractivity contribution in [3.8, 4) is 6.07 Å². The van der Waals surface area contributed by atoms with Crippen molar-refractivity contribution < 1.29 is 8.81 Å². The number of nitrogens with one attached hydrogen (secondary N) is 1. The van der Waals surface area contributed by atoms with E-state index < -0.39 is 0 Å². The summed E-state index contributed by atoms with van der Waals surface area (Å²) in [5.41, 5.74) is 1.40. The summed E-state index contributed by atoms with van der Waals surface area (Å²) in [4.78, 5) is 0. The predicted molar refractivity (Wildman–Crippen MR) is 66.6 cm³/mol. The van der Waals surface area contributed by atoms with Crippen molar-refractivity contribution in [1.82, 2.24) is 0 Å². The lowest BCUT2D eigenvalue weighted by atomic mass is 10.1. The van der Waals surface area contributed by atoms with Gasteiger partial charge in [0.2, 0.25) is 0 Å². The quantitative estimate of drug-likeness (QED) is 0.894. The van der Waals surface area contributed by atoms with Crippen LogP contribution in [0.1, 0.15) is 29.9 Å². The van der Waals surface area contributed by atoms with Crippen LogP contribution < -0.4 is 5.32 Å². The second kappa shape index (κ2) is 4.92. The summed E-state index contributed by atoms with van der Waals surface area (Å²) in [5.74, 6) is 0.375. The molecule has 0 fully saturated rings. The van der Waals surface area contributed by atoms with Gasteiger partial charge in [-0.15, -0.1) is 0 Å². The highest BCUT2D eigenvalue weighted by Crippen LogP contribution is 2.25. The van der Waals surface area contributed by atoms with Gasteiger partial charge in [-0.25, -0.2) is 4.39 Å². The molecule has 4 heteroatoms. The molecule has 1 aromatic carbocycles. The summed E-state index contributed by atoms with van der Waals surface area (Å²) in [6.07, 6.45) is 1.59. The minimum absolute atomic E-state index is 0.0907. The van der Waals surface area contributed by atoms with Gasteiger partial charge in [0.05, 0.1) is 23.9 Å². The maximum absolute atomic E-state index is 13.6. The molecule has 1 heterocycles. The fourth-order valence-electron chi connectivity index (χ4n) is 1.74. The zero-order chi connectivity index (χ0) is 13.1. The summed E-state index contributed by atoms with van der Waals surface area (Å²) in [5, 5.41) is 12.0. The van der Waals surface area contributed by atoms with E-state index in [-0.39, 0.29) is 11.9 Å². The molecule has 0 spiro atoms. The standard InChI is InChI=1S/C14H13FN2O/c1-9-12(15)6-11(8-16)7-13(9)17-10(2)14-4-3-5-18-14/h3-7,10,17H,1-2H3. The van der Waals surface area contributed by atoms with Gasteiger partial charge in [-0.1, -0.05) is 0 Å². The molecule has 1 atom stereocenters. The molecule has 0 aliphatic carbocycles. The van der Waals surface area contributed by atoms with Crippen molar-refractivity contribution in [3.05, 3.63) is 53.2 Å². The van der Waals surface area contributed by atoms with Crippen LogP contribution in [0.15, 0.2) is 34.9 Å². The summed E-state index contributed by atoms with van der Waals surface area (Å²) in [7, 11) is 0. The first kappa shape index (κ1) is 12.2. The van der Waals surface area contributed by atoms with E-state index in [2.05, 4.69) is 5.32 Å². The van der Waals surface area contributed by atoms with Crippen molar-refractivity contribution in [2.24, 2.45) is 0 Å². The van der Waals surface area contributed by atoms with Crippen molar-refractivity contribution >= 4 is 5.69 Å². The Morgan fingerprint density at radius 3 is 2.83 bits per heavy atom. The molecule has 0 bridgehead atoms. The maximum Gasteiger partial charge on any atom is 0.129 e. The lowest BCUT2D eigenvalue weighted by Gasteiger charge is -2.15. The molecule has 92 valence electrons. The monoisotopic (exact) mass is 244 g/mol. The molecule has 0 aliphatic rings. The topological polar surface area (TPSA) is 49.0 Å². The van der Waals surface area contributed by atoms with Crippen molar-refractivity contribution in [1.29, 1.82) is 5.26 Å². The fraction of sp³-hybridized carbons (Fsp3) is 0.214. The van der Waals surface area contributed by atoms with Gasteiger partial charge in [-0.2, -0.15) is 5.26 Å². The smallest absolute Gasteiger partial charge is 0.129 e. The van der Waals surface area contributed by atoms with Gasteiger partial charge in [-0.05, 0) is 38.1 Å². The van der Waals surface area contributed by atoms with Crippen LogP contribution in [-0.4, -0.2) is 0 Å². The summed E-state index contributed by atoms with van der Waals surface area (Å²) >= 11 is 0. The van der Waals surface area contributed by atoms with Crippen molar-refractivity contribution in [2.75, 3.05) is 5.32 Å². The van der Waals surface area contributed by atoms with Crippen LogP contribution in [0.25, 0.3) is 0 Å². The van der Waals surface area contributed by atoms with Crippen LogP contribution in [0.5, 0.6) is 0 Å². The molecule has 18 heavy (non-hydrogen) atoms. The zero-order valence-electron chi connectivity index (χ0n) is 10.2. The van der Waals surface area contributed by atoms with E-state index in [4.69, 9.17) is 9.68 Å². The van der Waals surface area contributed by atoms with Crippen LogP contribution in [0.3, 0.4) is 0 Å². The minimum Gasteiger partial charge on any atom is -0.467 e. The lowest BCUT2D eigenvalue weighted by molar-refractivity contribution is 0.490. The molecule has 3 nitrogen and oxygen atoms in total. The fourth-order valence-corrected chi connectivity index (χ4v) is 1.74. The third-order valence-corrected chi connectivity index (χ3v) is 2.82. The number of benzene rings is 1. The molecular formula is C14H13FN2O. The molecule has 0 saturated heterocycles. The number of hydrogen-bond donors (Lipinski definition) is 1. The van der Waals surface area contributed by atoms with E-state index in [0.29, 0.717) is 16.8 Å². The first-order valence-electron chi connectivity index (χ1n) is 5.62. The number of halogens is 1. The number of anilines is 1. The van der Waals surface area contributed by atoms with Crippen molar-refractivity contribution in [3.63, 3.8) is 0 Å². The molecule has 0 aliphatic heterocycles. The van der Waals surface area contributed by atoms with Gasteiger partial charge in [0.1, 0.15) is 11.6 Å². The summed E-state index contributed by atoms with van der Waals surface area (Å²) < 4.78 is 18.9. The summed E-state index contributed by atoms with van der Waals surface area (Å²) in [6.45, 7) is 3.59. The van der Waals surface area contributed by atoms with Gasteiger partial charge < -0.3 is 9.73 Å². The Balaban J connectivity index is 2.29. The largest absolute Gasteiger partial charge is 0.467 e. The number of nitrogens with zero attached hydrogens (tertiary/aromatic N) is 1. The third kappa shape index (κ3) is 2.35. The van der Waals surface area contributed by atoms with Crippen LogP contribution in [0.4, 0.5) is 10.1 Å². The van der Waals surface area contributed by atoms with Gasteiger partial charge in [0, 0.05) is 11.3 Å². The second-order valence-corrected chi connectivity index (χ2v) is 4.12. The Labute approximate surface area is 105 Å². The zero-order valence-corrected chi connectivity index (χ0v) is 10.2. The number of furan rings is 1. The molecule has 0 saturated carbocycles. The molecule has 1 aromatic heterocycles. The van der Waals surface area contributed by atoms with Gasteiger partial charge in [0.15, 0.2) is 0 Å². The predicted octanol–water partition coefficient (Wildman–Crippen LogP) is 3.77. The normalized spacial score (nSPS) is 11.9. The highest BCUT2D eigenvalue weighted by Gasteiger charge is 2.12. The van der Waals surface area contributed by atoms with E-state index in [1.54, 1.807) is 25.3 Å². The highest BCUT2D eigenvalue weighted by molar-refractivity contribution is 5.56. The second-order valence-electron chi connectivity index (χ2n) is 4.12. The number of rotatable bonds is 3. The Morgan fingerprint density at radius 2 is 2.22 bits per heavy atom. The first-order valence-corrected chi connectivity index (χ1v) is 5.62.